The summed E-state index contributed by atoms with van der Waals surface area (Å²) in [6.45, 7) is 6.06. The molecule has 2 rings (SSSR count). The summed E-state index contributed by atoms with van der Waals surface area (Å²) in [6, 6.07) is 0.114. The van der Waals surface area contributed by atoms with Crippen molar-refractivity contribution in [2.24, 2.45) is 11.8 Å². The summed E-state index contributed by atoms with van der Waals surface area (Å²) in [5, 5.41) is 4.27. The van der Waals surface area contributed by atoms with E-state index in [1.807, 2.05) is 4.68 Å². The second-order valence-corrected chi connectivity index (χ2v) is 5.28. The van der Waals surface area contributed by atoms with E-state index in [1.165, 1.54) is 0 Å². The normalized spacial score (nSPS) is 21.7. The van der Waals surface area contributed by atoms with E-state index in [4.69, 9.17) is 10.6 Å². The number of nitrogens with one attached hydrogen (secondary N) is 1. The van der Waals surface area contributed by atoms with E-state index in [0.29, 0.717) is 5.92 Å². The van der Waals surface area contributed by atoms with Crippen LogP contribution in [0.3, 0.4) is 0 Å². The van der Waals surface area contributed by atoms with Gasteiger partial charge < -0.3 is 4.74 Å². The summed E-state index contributed by atoms with van der Waals surface area (Å²) in [5.74, 6) is 7.16. The molecule has 1 fully saturated rings. The Balaban J connectivity index is 2.00. The van der Waals surface area contributed by atoms with Gasteiger partial charge in [0, 0.05) is 19.6 Å². The number of nitrogens with two attached hydrogens (primary N) is 1. The maximum Gasteiger partial charge on any atom is 0.138 e. The van der Waals surface area contributed by atoms with Crippen LogP contribution in [0.25, 0.3) is 0 Å². The third-order valence-electron chi connectivity index (χ3n) is 3.26. The van der Waals surface area contributed by atoms with Gasteiger partial charge in [0.2, 0.25) is 0 Å². The molecule has 1 aromatic heterocycles. The van der Waals surface area contributed by atoms with E-state index >= 15 is 0 Å². The van der Waals surface area contributed by atoms with Crippen molar-refractivity contribution < 1.29 is 4.74 Å². The third kappa shape index (κ3) is 3.28. The first-order valence-corrected chi connectivity index (χ1v) is 6.65. The van der Waals surface area contributed by atoms with Crippen LogP contribution in [0, 0.1) is 5.92 Å². The maximum atomic E-state index is 5.68. The minimum Gasteiger partial charge on any atom is -0.377 e. The molecule has 3 N–H and O–H groups in total. The molecule has 102 valence electrons. The molecule has 18 heavy (non-hydrogen) atoms. The van der Waals surface area contributed by atoms with Gasteiger partial charge in [0.25, 0.3) is 0 Å². The molecule has 0 aromatic carbocycles. The summed E-state index contributed by atoms with van der Waals surface area (Å²) >= 11 is 0. The summed E-state index contributed by atoms with van der Waals surface area (Å²) in [5.41, 5.74) is 2.86. The largest absolute Gasteiger partial charge is 0.377 e. The zero-order chi connectivity index (χ0) is 13.0. The maximum absolute atomic E-state index is 5.68. The second kappa shape index (κ2) is 6.26. The molecule has 1 saturated heterocycles. The number of hydrazine groups is 1. The zero-order valence-corrected chi connectivity index (χ0v) is 11.2. The molecule has 6 nitrogen and oxygen atoms in total. The molecule has 0 saturated carbocycles. The molecule has 0 radical (unpaired) electrons. The molecule has 0 amide bonds. The standard InChI is InChI=1S/C12H23N5O/c1-9(2)7-17-12(14-8-15-17)6-10(16-13)11-4-3-5-18-11/h8-11,16H,3-7,13H2,1-2H3. The Morgan fingerprint density at radius 3 is 3.06 bits per heavy atom. The van der Waals surface area contributed by atoms with Crippen LogP contribution in [0.1, 0.15) is 32.5 Å². The van der Waals surface area contributed by atoms with Crippen LogP contribution in [0.4, 0.5) is 0 Å². The highest BCUT2D eigenvalue weighted by Gasteiger charge is 2.26. The van der Waals surface area contributed by atoms with Crippen molar-refractivity contribution in [1.82, 2.24) is 20.2 Å². The minimum atomic E-state index is 0.114. The number of nitrogens with zero attached hydrogens (tertiary/aromatic N) is 3. The summed E-state index contributed by atoms with van der Waals surface area (Å²) < 4.78 is 7.64. The van der Waals surface area contributed by atoms with Gasteiger partial charge >= 0.3 is 0 Å². The van der Waals surface area contributed by atoms with Crippen LogP contribution in [0.15, 0.2) is 6.33 Å². The fourth-order valence-corrected chi connectivity index (χ4v) is 2.36. The predicted molar refractivity (Wildman–Crippen MR) is 68.6 cm³/mol. The van der Waals surface area contributed by atoms with Gasteiger partial charge in [-0.2, -0.15) is 5.10 Å². The molecule has 1 aliphatic heterocycles. The lowest BCUT2D eigenvalue weighted by molar-refractivity contribution is 0.0774. The smallest absolute Gasteiger partial charge is 0.138 e. The highest BCUT2D eigenvalue weighted by atomic mass is 16.5. The monoisotopic (exact) mass is 253 g/mol. The zero-order valence-electron chi connectivity index (χ0n) is 11.2. The van der Waals surface area contributed by atoms with Gasteiger partial charge in [-0.25, -0.2) is 9.67 Å². The van der Waals surface area contributed by atoms with Crippen LogP contribution in [-0.2, 0) is 17.7 Å². The number of aromatic nitrogens is 3. The third-order valence-corrected chi connectivity index (χ3v) is 3.26. The number of rotatable bonds is 6. The molecule has 6 heteroatoms. The number of hydrogen-bond acceptors (Lipinski definition) is 5. The second-order valence-electron chi connectivity index (χ2n) is 5.28. The van der Waals surface area contributed by atoms with Crippen LogP contribution in [-0.4, -0.2) is 33.5 Å². The minimum absolute atomic E-state index is 0.114. The van der Waals surface area contributed by atoms with Crippen molar-refractivity contribution in [2.45, 2.75) is 51.8 Å². The molecule has 2 unspecified atom stereocenters. The highest BCUT2D eigenvalue weighted by Crippen LogP contribution is 2.17. The Hall–Kier alpha value is -0.980. The van der Waals surface area contributed by atoms with E-state index in [0.717, 1.165) is 38.2 Å². The Labute approximate surface area is 108 Å². The van der Waals surface area contributed by atoms with Gasteiger partial charge in [0.15, 0.2) is 0 Å². The van der Waals surface area contributed by atoms with Crippen molar-refractivity contribution in [3.63, 3.8) is 0 Å². The fourth-order valence-electron chi connectivity index (χ4n) is 2.36. The Bertz CT molecular complexity index is 359. The van der Waals surface area contributed by atoms with E-state index < -0.39 is 0 Å². The topological polar surface area (TPSA) is 78.0 Å². The van der Waals surface area contributed by atoms with Crippen LogP contribution >= 0.6 is 0 Å². The fraction of sp³-hybridized carbons (Fsp3) is 0.833. The van der Waals surface area contributed by atoms with Gasteiger partial charge in [-0.15, -0.1) is 0 Å². The van der Waals surface area contributed by atoms with Crippen molar-refractivity contribution in [3.8, 4) is 0 Å². The summed E-state index contributed by atoms with van der Waals surface area (Å²) in [7, 11) is 0. The molecule has 0 spiro atoms. The Morgan fingerprint density at radius 2 is 2.44 bits per heavy atom. The van der Waals surface area contributed by atoms with Crippen LogP contribution in [0.2, 0.25) is 0 Å². The van der Waals surface area contributed by atoms with Crippen LogP contribution < -0.4 is 11.3 Å². The van der Waals surface area contributed by atoms with Crippen molar-refractivity contribution in [3.05, 3.63) is 12.2 Å². The Kier molecular flexibility index (Phi) is 4.68. The first-order chi connectivity index (χ1) is 8.70. The van der Waals surface area contributed by atoms with E-state index in [-0.39, 0.29) is 12.1 Å². The van der Waals surface area contributed by atoms with Gasteiger partial charge in [0.05, 0.1) is 12.1 Å². The van der Waals surface area contributed by atoms with E-state index in [2.05, 4.69) is 29.4 Å². The molecule has 0 aliphatic carbocycles. The lowest BCUT2D eigenvalue weighted by Gasteiger charge is -2.22. The average Bonchev–Trinajstić information content (AvgIpc) is 2.96. The SMILES string of the molecule is CC(C)Cn1ncnc1CC(NN)C1CCCO1. The quantitative estimate of drug-likeness (QED) is 0.570. The summed E-state index contributed by atoms with van der Waals surface area (Å²) in [6.07, 6.45) is 4.74. The van der Waals surface area contributed by atoms with Crippen LogP contribution in [0.5, 0.6) is 0 Å². The van der Waals surface area contributed by atoms with Gasteiger partial charge in [0.1, 0.15) is 12.2 Å². The number of hydrogen-bond donors (Lipinski definition) is 2. The Morgan fingerprint density at radius 1 is 1.61 bits per heavy atom. The van der Waals surface area contributed by atoms with Crippen molar-refractivity contribution in [2.75, 3.05) is 6.61 Å². The van der Waals surface area contributed by atoms with E-state index in [9.17, 15) is 0 Å². The lowest BCUT2D eigenvalue weighted by atomic mass is 10.0. The first-order valence-electron chi connectivity index (χ1n) is 6.65. The highest BCUT2D eigenvalue weighted by molar-refractivity contribution is 4.93. The lowest BCUT2D eigenvalue weighted by Crippen LogP contribution is -2.45. The predicted octanol–water partition coefficient (Wildman–Crippen LogP) is 0.488. The number of ether oxygens (including phenoxy) is 1. The van der Waals surface area contributed by atoms with Gasteiger partial charge in [-0.3, -0.25) is 11.3 Å². The van der Waals surface area contributed by atoms with Gasteiger partial charge in [-0.05, 0) is 18.8 Å². The van der Waals surface area contributed by atoms with E-state index in [1.54, 1.807) is 6.33 Å². The molecule has 0 bridgehead atoms. The molecular weight excluding hydrogens is 230 g/mol. The molecule has 2 atom stereocenters. The van der Waals surface area contributed by atoms with Crippen molar-refractivity contribution in [1.29, 1.82) is 0 Å². The first kappa shape index (κ1) is 13.5. The average molecular weight is 253 g/mol. The van der Waals surface area contributed by atoms with Crippen molar-refractivity contribution >= 4 is 0 Å². The molecule has 1 aromatic rings. The van der Waals surface area contributed by atoms with Gasteiger partial charge in [-0.1, -0.05) is 13.8 Å². The molecule has 2 heterocycles. The molecule has 1 aliphatic rings. The molecular formula is C12H23N5O. The summed E-state index contributed by atoms with van der Waals surface area (Å²) in [4.78, 5) is 4.33.